The van der Waals surface area contributed by atoms with Gasteiger partial charge in [-0.25, -0.2) is 4.79 Å². The molecule has 3 amide bonds. The number of carbonyl (C=O) groups is 2. The van der Waals surface area contributed by atoms with Crippen molar-refractivity contribution in [3.63, 3.8) is 0 Å². The van der Waals surface area contributed by atoms with E-state index < -0.39 is 12.1 Å². The van der Waals surface area contributed by atoms with Crippen molar-refractivity contribution >= 4 is 24.3 Å². The van der Waals surface area contributed by atoms with Crippen LogP contribution in [0.4, 0.5) is 4.79 Å². The first-order valence-corrected chi connectivity index (χ1v) is 7.72. The minimum atomic E-state index is -0.611. The molecule has 7 heteroatoms. The van der Waals surface area contributed by atoms with Crippen LogP contribution in [0.25, 0.3) is 0 Å². The highest BCUT2D eigenvalue weighted by Gasteiger charge is 2.40. The predicted molar refractivity (Wildman–Crippen MR) is 84.4 cm³/mol. The van der Waals surface area contributed by atoms with Crippen molar-refractivity contribution in [2.24, 2.45) is 5.73 Å². The average molecular weight is 319 g/mol. The normalized spacial score (nSPS) is 25.7. The Kier molecular flexibility index (Phi) is 7.25. The second kappa shape index (κ2) is 8.44. The zero-order valence-corrected chi connectivity index (χ0v) is 13.5. The van der Waals surface area contributed by atoms with Crippen molar-refractivity contribution in [1.82, 2.24) is 15.5 Å². The fourth-order valence-corrected chi connectivity index (χ4v) is 3.36. The maximum atomic E-state index is 12.8. The smallest absolute Gasteiger partial charge is 0.312 e. The lowest BCUT2D eigenvalue weighted by Gasteiger charge is -2.31. The predicted octanol–water partition coefficient (Wildman–Crippen LogP) is 0.988. The van der Waals surface area contributed by atoms with Gasteiger partial charge in [0.05, 0.1) is 0 Å². The molecule has 3 unspecified atom stereocenters. The van der Waals surface area contributed by atoms with Gasteiger partial charge in [0.15, 0.2) is 0 Å². The first kappa shape index (κ1) is 18.0. The number of nitrogens with one attached hydrogen (secondary N) is 2. The summed E-state index contributed by atoms with van der Waals surface area (Å²) in [5.41, 5.74) is 5.22. The van der Waals surface area contributed by atoms with Gasteiger partial charge in [-0.05, 0) is 32.2 Å². The van der Waals surface area contributed by atoms with Crippen LogP contribution in [-0.2, 0) is 4.79 Å². The second-order valence-electron chi connectivity index (χ2n) is 5.83. The molecule has 0 saturated carbocycles. The third-order valence-electron chi connectivity index (χ3n) is 4.37. The van der Waals surface area contributed by atoms with Gasteiger partial charge in [0.2, 0.25) is 5.91 Å². The molecule has 2 saturated heterocycles. The lowest BCUT2D eigenvalue weighted by molar-refractivity contribution is -0.136. The van der Waals surface area contributed by atoms with Crippen LogP contribution in [-0.4, -0.2) is 48.1 Å². The molecular formula is C14H27ClN4O2. The number of amides is 3. The first-order chi connectivity index (χ1) is 9.63. The Morgan fingerprint density at radius 3 is 2.71 bits per heavy atom. The number of unbranched alkanes of at least 4 members (excludes halogenated alkanes) is 1. The standard InChI is InChI=1S/C14H26N4O2.ClH/c1-2-3-4-12(17-14(15)20)13(19)18-10-5-6-11(18)9-16-8-7-10;/h10-12,16H,2-9H2,1H3,(H3,15,17,20);1H. The molecular weight excluding hydrogens is 292 g/mol. The monoisotopic (exact) mass is 318 g/mol. The highest BCUT2D eigenvalue weighted by atomic mass is 35.5. The fourth-order valence-electron chi connectivity index (χ4n) is 3.36. The number of nitrogens with zero attached hydrogens (tertiary/aromatic N) is 1. The third-order valence-corrected chi connectivity index (χ3v) is 4.37. The van der Waals surface area contributed by atoms with E-state index in [4.69, 9.17) is 5.73 Å². The Morgan fingerprint density at radius 2 is 2.05 bits per heavy atom. The van der Waals surface area contributed by atoms with E-state index in [9.17, 15) is 9.59 Å². The van der Waals surface area contributed by atoms with Gasteiger partial charge in [0, 0.05) is 18.6 Å². The molecule has 21 heavy (non-hydrogen) atoms. The number of hydrogen-bond donors (Lipinski definition) is 3. The summed E-state index contributed by atoms with van der Waals surface area (Å²) < 4.78 is 0. The molecule has 0 aromatic rings. The molecule has 2 aliphatic rings. The maximum absolute atomic E-state index is 12.8. The molecule has 2 heterocycles. The molecule has 2 bridgehead atoms. The van der Waals surface area contributed by atoms with Gasteiger partial charge >= 0.3 is 6.03 Å². The summed E-state index contributed by atoms with van der Waals surface area (Å²) in [4.78, 5) is 25.9. The summed E-state index contributed by atoms with van der Waals surface area (Å²) in [6.07, 6.45) is 5.72. The first-order valence-electron chi connectivity index (χ1n) is 7.72. The van der Waals surface area contributed by atoms with Crippen molar-refractivity contribution in [3.8, 4) is 0 Å². The van der Waals surface area contributed by atoms with Crippen LogP contribution in [0.2, 0.25) is 0 Å². The number of hydrogen-bond acceptors (Lipinski definition) is 3. The third kappa shape index (κ3) is 4.48. The summed E-state index contributed by atoms with van der Waals surface area (Å²) in [5.74, 6) is 0.0495. The van der Waals surface area contributed by atoms with Crippen LogP contribution in [0.1, 0.15) is 45.4 Å². The molecule has 3 atom stereocenters. The highest BCUT2D eigenvalue weighted by Crippen LogP contribution is 2.29. The van der Waals surface area contributed by atoms with Gasteiger partial charge in [-0.1, -0.05) is 19.8 Å². The van der Waals surface area contributed by atoms with E-state index in [0.717, 1.165) is 45.2 Å². The van der Waals surface area contributed by atoms with E-state index in [0.29, 0.717) is 12.5 Å². The molecule has 2 aliphatic heterocycles. The summed E-state index contributed by atoms with van der Waals surface area (Å²) in [7, 11) is 0. The summed E-state index contributed by atoms with van der Waals surface area (Å²) in [6, 6.07) is -0.483. The van der Waals surface area contributed by atoms with E-state index >= 15 is 0 Å². The van der Waals surface area contributed by atoms with Crippen LogP contribution < -0.4 is 16.4 Å². The molecule has 122 valence electrons. The van der Waals surface area contributed by atoms with Crippen molar-refractivity contribution < 1.29 is 9.59 Å². The number of fused-ring (bicyclic) bond motifs is 2. The Labute approximate surface area is 132 Å². The van der Waals surface area contributed by atoms with Crippen LogP contribution in [0.5, 0.6) is 0 Å². The van der Waals surface area contributed by atoms with Crippen molar-refractivity contribution in [3.05, 3.63) is 0 Å². The Hall–Kier alpha value is -1.01. The van der Waals surface area contributed by atoms with E-state index in [2.05, 4.69) is 17.6 Å². The minimum absolute atomic E-state index is 0. The van der Waals surface area contributed by atoms with Gasteiger partial charge < -0.3 is 21.3 Å². The minimum Gasteiger partial charge on any atom is -0.352 e. The van der Waals surface area contributed by atoms with Crippen LogP contribution in [0, 0.1) is 0 Å². The Balaban J connectivity index is 0.00000220. The molecule has 0 aromatic carbocycles. The van der Waals surface area contributed by atoms with Gasteiger partial charge in [-0.2, -0.15) is 0 Å². The van der Waals surface area contributed by atoms with Crippen LogP contribution in [0.15, 0.2) is 0 Å². The molecule has 0 spiro atoms. The highest BCUT2D eigenvalue weighted by molar-refractivity contribution is 5.87. The second-order valence-corrected chi connectivity index (χ2v) is 5.83. The molecule has 0 aliphatic carbocycles. The number of halogens is 1. The van der Waals surface area contributed by atoms with Crippen molar-refractivity contribution in [2.45, 2.75) is 63.6 Å². The zero-order valence-electron chi connectivity index (χ0n) is 12.6. The van der Waals surface area contributed by atoms with Crippen molar-refractivity contribution in [1.29, 1.82) is 0 Å². The van der Waals surface area contributed by atoms with E-state index in [1.165, 1.54) is 0 Å². The molecule has 0 aromatic heterocycles. The Bertz CT molecular complexity index is 353. The van der Waals surface area contributed by atoms with E-state index in [1.54, 1.807) is 0 Å². The SMILES string of the molecule is CCCCC(NC(N)=O)C(=O)N1C2CCNCC1CC2.Cl. The maximum Gasteiger partial charge on any atom is 0.312 e. The van der Waals surface area contributed by atoms with Crippen LogP contribution in [0.3, 0.4) is 0 Å². The van der Waals surface area contributed by atoms with E-state index in [1.807, 2.05) is 4.90 Å². The van der Waals surface area contributed by atoms with Gasteiger partial charge in [-0.3, -0.25) is 4.79 Å². The average Bonchev–Trinajstić information content (AvgIpc) is 2.66. The summed E-state index contributed by atoms with van der Waals surface area (Å²) in [5, 5.41) is 6.01. The summed E-state index contributed by atoms with van der Waals surface area (Å²) >= 11 is 0. The largest absolute Gasteiger partial charge is 0.352 e. The fraction of sp³-hybridized carbons (Fsp3) is 0.857. The quantitative estimate of drug-likeness (QED) is 0.706. The number of urea groups is 1. The van der Waals surface area contributed by atoms with Gasteiger partial charge in [0.1, 0.15) is 6.04 Å². The molecule has 6 nitrogen and oxygen atoms in total. The number of primary amides is 1. The van der Waals surface area contributed by atoms with Crippen LogP contribution >= 0.6 is 12.4 Å². The lowest BCUT2D eigenvalue weighted by atomic mass is 10.1. The van der Waals surface area contributed by atoms with Gasteiger partial charge in [-0.15, -0.1) is 12.4 Å². The summed E-state index contributed by atoms with van der Waals surface area (Å²) in [6.45, 7) is 3.90. The van der Waals surface area contributed by atoms with Gasteiger partial charge in [0.25, 0.3) is 0 Å². The lowest BCUT2D eigenvalue weighted by Crippen LogP contribution is -2.53. The number of rotatable bonds is 5. The molecule has 2 fully saturated rings. The van der Waals surface area contributed by atoms with Crippen molar-refractivity contribution in [2.75, 3.05) is 13.1 Å². The molecule has 2 rings (SSSR count). The Morgan fingerprint density at radius 1 is 1.33 bits per heavy atom. The number of nitrogens with two attached hydrogens (primary N) is 1. The molecule has 0 radical (unpaired) electrons. The van der Waals surface area contributed by atoms with E-state index in [-0.39, 0.29) is 24.4 Å². The zero-order chi connectivity index (χ0) is 14.5. The molecule has 4 N–H and O–H groups in total. The number of carbonyl (C=O) groups excluding carboxylic acids is 2. The topological polar surface area (TPSA) is 87.5 Å².